The van der Waals surface area contributed by atoms with Gasteiger partial charge in [0.2, 0.25) is 0 Å². The third-order valence-electron chi connectivity index (χ3n) is 2.97. The van der Waals surface area contributed by atoms with Crippen molar-refractivity contribution in [2.24, 2.45) is 0 Å². The second-order valence-electron chi connectivity index (χ2n) is 4.26. The van der Waals surface area contributed by atoms with E-state index in [2.05, 4.69) is 0 Å². The van der Waals surface area contributed by atoms with E-state index in [1.807, 2.05) is 0 Å². The van der Waals surface area contributed by atoms with Crippen molar-refractivity contribution in [3.8, 4) is 0 Å². The second-order valence-corrected chi connectivity index (χ2v) is 4.26. The number of ketones is 1. The molecule has 0 amide bonds. The van der Waals surface area contributed by atoms with E-state index in [-0.39, 0.29) is 30.4 Å². The number of hydrogen-bond donors (Lipinski definition) is 0. The van der Waals surface area contributed by atoms with E-state index in [9.17, 15) is 18.0 Å². The third-order valence-corrected chi connectivity index (χ3v) is 2.97. The van der Waals surface area contributed by atoms with Gasteiger partial charge in [0.15, 0.2) is 11.6 Å². The molecule has 0 spiro atoms. The third kappa shape index (κ3) is 2.28. The lowest BCUT2D eigenvalue weighted by atomic mass is 10.0. The molecule has 1 saturated heterocycles. The van der Waals surface area contributed by atoms with Crippen LogP contribution in [0.4, 0.5) is 18.9 Å². The molecule has 1 aliphatic rings. The molecule has 0 aromatic heterocycles. The van der Waals surface area contributed by atoms with Crippen LogP contribution in [0.1, 0.15) is 19.8 Å². The Morgan fingerprint density at radius 3 is 2.65 bits per heavy atom. The highest BCUT2D eigenvalue weighted by atomic mass is 19.2. The average Bonchev–Trinajstić information content (AvgIpc) is 2.24. The van der Waals surface area contributed by atoms with Gasteiger partial charge in [-0.05, 0) is 6.92 Å². The maximum atomic E-state index is 13.6. The average molecular weight is 243 g/mol. The van der Waals surface area contributed by atoms with Gasteiger partial charge in [0.25, 0.3) is 0 Å². The van der Waals surface area contributed by atoms with Crippen molar-refractivity contribution in [2.75, 3.05) is 11.4 Å². The van der Waals surface area contributed by atoms with E-state index < -0.39 is 17.5 Å². The fourth-order valence-electron chi connectivity index (χ4n) is 2.12. The van der Waals surface area contributed by atoms with Crippen LogP contribution in [-0.4, -0.2) is 18.4 Å². The minimum absolute atomic E-state index is 0.0889. The Kier molecular flexibility index (Phi) is 3.09. The van der Waals surface area contributed by atoms with Crippen LogP contribution < -0.4 is 4.90 Å². The number of halogens is 3. The van der Waals surface area contributed by atoms with Gasteiger partial charge in [-0.2, -0.15) is 0 Å². The summed E-state index contributed by atoms with van der Waals surface area (Å²) < 4.78 is 39.7. The number of nitrogens with zero attached hydrogens (tertiary/aromatic N) is 1. The normalized spacial score (nSPS) is 20.8. The van der Waals surface area contributed by atoms with Crippen LogP contribution in [0.3, 0.4) is 0 Å². The number of anilines is 1. The van der Waals surface area contributed by atoms with Crippen LogP contribution in [0.5, 0.6) is 0 Å². The van der Waals surface area contributed by atoms with E-state index in [1.165, 1.54) is 4.90 Å². The van der Waals surface area contributed by atoms with Crippen molar-refractivity contribution in [1.29, 1.82) is 0 Å². The van der Waals surface area contributed by atoms with Crippen molar-refractivity contribution >= 4 is 11.5 Å². The predicted octanol–water partition coefficient (Wildman–Crippen LogP) is 2.66. The van der Waals surface area contributed by atoms with Gasteiger partial charge in [-0.1, -0.05) is 0 Å². The zero-order chi connectivity index (χ0) is 12.6. The van der Waals surface area contributed by atoms with Gasteiger partial charge in [-0.3, -0.25) is 4.79 Å². The van der Waals surface area contributed by atoms with Crippen molar-refractivity contribution in [3.05, 3.63) is 29.6 Å². The maximum absolute atomic E-state index is 13.6. The minimum atomic E-state index is -1.20. The highest BCUT2D eigenvalue weighted by molar-refractivity contribution is 5.81. The van der Waals surface area contributed by atoms with Crippen molar-refractivity contribution in [2.45, 2.75) is 25.8 Å². The molecule has 1 fully saturated rings. The zero-order valence-electron chi connectivity index (χ0n) is 9.34. The monoisotopic (exact) mass is 243 g/mol. The van der Waals surface area contributed by atoms with Gasteiger partial charge in [-0.25, -0.2) is 13.2 Å². The molecule has 1 aliphatic heterocycles. The number of hydrogen-bond acceptors (Lipinski definition) is 2. The molecule has 1 aromatic carbocycles. The molecule has 1 atom stereocenters. The minimum Gasteiger partial charge on any atom is -0.365 e. The Morgan fingerprint density at radius 2 is 2.00 bits per heavy atom. The molecule has 1 heterocycles. The summed E-state index contributed by atoms with van der Waals surface area (Å²) in [5.74, 6) is -2.99. The number of carbonyl (C=O) groups is 1. The number of benzene rings is 1. The van der Waals surface area contributed by atoms with Crippen LogP contribution in [0, 0.1) is 17.5 Å². The molecule has 92 valence electrons. The van der Waals surface area contributed by atoms with Crippen molar-refractivity contribution in [3.63, 3.8) is 0 Å². The Bertz CT molecular complexity index is 461. The standard InChI is InChI=1S/C12H12F3NO/c1-7-4-9(17)2-3-16(7)11-6-8(13)5-10(14)12(11)15/h5-7H,2-4H2,1H3. The lowest BCUT2D eigenvalue weighted by Gasteiger charge is -2.34. The first kappa shape index (κ1) is 12.0. The van der Waals surface area contributed by atoms with Gasteiger partial charge in [0.05, 0.1) is 5.69 Å². The topological polar surface area (TPSA) is 20.3 Å². The summed E-state index contributed by atoms with van der Waals surface area (Å²) in [5.41, 5.74) is -0.109. The van der Waals surface area contributed by atoms with Crippen LogP contribution >= 0.6 is 0 Å². The second kappa shape index (κ2) is 4.39. The van der Waals surface area contributed by atoms with E-state index in [0.717, 1.165) is 6.07 Å². The first-order chi connectivity index (χ1) is 7.99. The number of carbonyl (C=O) groups excluding carboxylic acids is 1. The fourth-order valence-corrected chi connectivity index (χ4v) is 2.12. The Morgan fingerprint density at radius 1 is 1.29 bits per heavy atom. The summed E-state index contributed by atoms with van der Waals surface area (Å²) >= 11 is 0. The summed E-state index contributed by atoms with van der Waals surface area (Å²) in [6.45, 7) is 2.03. The highest BCUT2D eigenvalue weighted by Crippen LogP contribution is 2.28. The summed E-state index contributed by atoms with van der Waals surface area (Å²) in [5, 5.41) is 0. The summed E-state index contributed by atoms with van der Waals surface area (Å²) in [4.78, 5) is 12.7. The van der Waals surface area contributed by atoms with Gasteiger partial charge in [-0.15, -0.1) is 0 Å². The van der Waals surface area contributed by atoms with Crippen LogP contribution in [0.25, 0.3) is 0 Å². The molecular weight excluding hydrogens is 231 g/mol. The lowest BCUT2D eigenvalue weighted by Crippen LogP contribution is -2.41. The van der Waals surface area contributed by atoms with E-state index >= 15 is 0 Å². The summed E-state index contributed by atoms with van der Waals surface area (Å²) in [7, 11) is 0. The first-order valence-corrected chi connectivity index (χ1v) is 5.42. The Balaban J connectivity index is 2.37. The molecule has 2 rings (SSSR count). The van der Waals surface area contributed by atoms with Gasteiger partial charge >= 0.3 is 0 Å². The molecule has 2 nitrogen and oxygen atoms in total. The van der Waals surface area contributed by atoms with E-state index in [0.29, 0.717) is 12.6 Å². The number of rotatable bonds is 1. The molecular formula is C12H12F3NO. The van der Waals surface area contributed by atoms with Crippen molar-refractivity contribution in [1.82, 2.24) is 0 Å². The van der Waals surface area contributed by atoms with E-state index in [4.69, 9.17) is 0 Å². The molecule has 1 unspecified atom stereocenters. The van der Waals surface area contributed by atoms with E-state index in [1.54, 1.807) is 6.92 Å². The quantitative estimate of drug-likeness (QED) is 0.707. The molecule has 0 radical (unpaired) electrons. The van der Waals surface area contributed by atoms with Gasteiger partial charge in [0.1, 0.15) is 11.6 Å². The SMILES string of the molecule is CC1CC(=O)CCN1c1cc(F)cc(F)c1F. The van der Waals surface area contributed by atoms with Crippen LogP contribution in [-0.2, 0) is 4.79 Å². The van der Waals surface area contributed by atoms with Gasteiger partial charge < -0.3 is 4.90 Å². The molecule has 17 heavy (non-hydrogen) atoms. The predicted molar refractivity (Wildman–Crippen MR) is 57.4 cm³/mol. The molecule has 0 saturated carbocycles. The Hall–Kier alpha value is -1.52. The largest absolute Gasteiger partial charge is 0.365 e. The van der Waals surface area contributed by atoms with Crippen molar-refractivity contribution < 1.29 is 18.0 Å². The zero-order valence-corrected chi connectivity index (χ0v) is 9.34. The molecule has 0 aliphatic carbocycles. The highest BCUT2D eigenvalue weighted by Gasteiger charge is 2.27. The maximum Gasteiger partial charge on any atom is 0.182 e. The van der Waals surface area contributed by atoms with Crippen LogP contribution in [0.2, 0.25) is 0 Å². The lowest BCUT2D eigenvalue weighted by molar-refractivity contribution is -0.120. The number of Topliss-reactive ketones (excluding diaryl/α,β-unsaturated/α-hetero) is 1. The summed E-state index contributed by atoms with van der Waals surface area (Å²) in [6.07, 6.45) is 0.555. The smallest absolute Gasteiger partial charge is 0.182 e. The summed E-state index contributed by atoms with van der Waals surface area (Å²) in [6, 6.07) is 1.23. The molecule has 0 N–H and O–H groups in total. The van der Waals surface area contributed by atoms with Gasteiger partial charge in [0, 0.05) is 37.6 Å². The molecule has 0 bridgehead atoms. The molecule has 1 aromatic rings. The van der Waals surface area contributed by atoms with Crippen LogP contribution in [0.15, 0.2) is 12.1 Å². The Labute approximate surface area is 97.0 Å². The number of piperidine rings is 1. The molecule has 5 heteroatoms. The first-order valence-electron chi connectivity index (χ1n) is 5.42. The fraction of sp³-hybridized carbons (Fsp3) is 0.417.